The van der Waals surface area contributed by atoms with Crippen LogP contribution in [0.2, 0.25) is 0 Å². The zero-order valence-corrected chi connectivity index (χ0v) is 15.2. The smallest absolute Gasteiger partial charge is 0.222 e. The Morgan fingerprint density at radius 3 is 2.67 bits per heavy atom. The van der Waals surface area contributed by atoms with Gasteiger partial charge >= 0.3 is 0 Å². The maximum absolute atomic E-state index is 12.2. The van der Waals surface area contributed by atoms with Gasteiger partial charge in [-0.25, -0.2) is 0 Å². The highest BCUT2D eigenvalue weighted by molar-refractivity contribution is 9.11. The van der Waals surface area contributed by atoms with Gasteiger partial charge in [-0.15, -0.1) is 11.3 Å². The molecule has 114 valence electrons. The molecule has 0 saturated heterocycles. The summed E-state index contributed by atoms with van der Waals surface area (Å²) >= 11 is 5.11. The van der Waals surface area contributed by atoms with Crippen LogP contribution < -0.4 is 0 Å². The number of nitrogens with zero attached hydrogens (tertiary/aromatic N) is 3. The van der Waals surface area contributed by atoms with E-state index < -0.39 is 0 Å². The highest BCUT2D eigenvalue weighted by Gasteiger charge is 2.14. The van der Waals surface area contributed by atoms with E-state index in [4.69, 9.17) is 0 Å². The number of hydrogen-bond acceptors (Lipinski definition) is 3. The lowest BCUT2D eigenvalue weighted by Crippen LogP contribution is -2.26. The number of carbonyl (C=O) groups is 1. The SMILES string of the molecule is Cc1nn(C)c(C)c1CCC(=O)N(C)Cc1ccc(Br)s1. The van der Waals surface area contributed by atoms with E-state index in [2.05, 4.69) is 21.0 Å². The second-order valence-electron chi connectivity index (χ2n) is 5.23. The number of hydrogen-bond donors (Lipinski definition) is 0. The van der Waals surface area contributed by atoms with Crippen LogP contribution in [0.25, 0.3) is 0 Å². The Kier molecular flexibility index (Phi) is 5.22. The third kappa shape index (κ3) is 3.95. The molecule has 0 unspecified atom stereocenters. The zero-order valence-electron chi connectivity index (χ0n) is 12.8. The van der Waals surface area contributed by atoms with Gasteiger partial charge in [0.05, 0.1) is 16.0 Å². The van der Waals surface area contributed by atoms with Crippen molar-refractivity contribution in [1.29, 1.82) is 0 Å². The lowest BCUT2D eigenvalue weighted by molar-refractivity contribution is -0.130. The van der Waals surface area contributed by atoms with Crippen LogP contribution in [0, 0.1) is 13.8 Å². The van der Waals surface area contributed by atoms with Crippen LogP contribution in [0.4, 0.5) is 0 Å². The number of thiophene rings is 1. The second-order valence-corrected chi connectivity index (χ2v) is 7.78. The predicted molar refractivity (Wildman–Crippen MR) is 89.5 cm³/mol. The summed E-state index contributed by atoms with van der Waals surface area (Å²) in [6.07, 6.45) is 1.28. The summed E-state index contributed by atoms with van der Waals surface area (Å²) < 4.78 is 2.97. The Morgan fingerprint density at radius 2 is 2.14 bits per heavy atom. The molecule has 0 fully saturated rings. The van der Waals surface area contributed by atoms with E-state index in [0.717, 1.165) is 21.6 Å². The summed E-state index contributed by atoms with van der Waals surface area (Å²) in [6, 6.07) is 4.06. The molecular weight excluding hydrogens is 350 g/mol. The molecule has 0 bridgehead atoms. The molecule has 0 atom stereocenters. The van der Waals surface area contributed by atoms with Gasteiger partial charge in [0.1, 0.15) is 0 Å². The molecule has 21 heavy (non-hydrogen) atoms. The minimum atomic E-state index is 0.169. The molecule has 0 aliphatic carbocycles. The van der Waals surface area contributed by atoms with Gasteiger partial charge in [0.15, 0.2) is 0 Å². The molecule has 0 aromatic carbocycles. The largest absolute Gasteiger partial charge is 0.341 e. The molecule has 0 N–H and O–H groups in total. The Morgan fingerprint density at radius 1 is 1.43 bits per heavy atom. The minimum Gasteiger partial charge on any atom is -0.341 e. The lowest BCUT2D eigenvalue weighted by Gasteiger charge is -2.16. The fraction of sp³-hybridized carbons (Fsp3) is 0.467. The molecule has 0 saturated carbocycles. The minimum absolute atomic E-state index is 0.169. The van der Waals surface area contributed by atoms with Gasteiger partial charge in [-0.1, -0.05) is 0 Å². The van der Waals surface area contributed by atoms with Crippen molar-refractivity contribution in [3.8, 4) is 0 Å². The molecular formula is C15H20BrN3OS. The molecule has 0 radical (unpaired) electrons. The van der Waals surface area contributed by atoms with Crippen molar-refractivity contribution in [1.82, 2.24) is 14.7 Å². The summed E-state index contributed by atoms with van der Waals surface area (Å²) in [5.74, 6) is 0.169. The molecule has 4 nitrogen and oxygen atoms in total. The van der Waals surface area contributed by atoms with E-state index in [1.165, 1.54) is 10.4 Å². The standard InChI is InChI=1S/C15H20BrN3OS/c1-10-13(11(2)19(4)17-10)6-8-15(20)18(3)9-12-5-7-14(16)21-12/h5,7H,6,8-9H2,1-4H3. The normalized spacial score (nSPS) is 10.9. The van der Waals surface area contributed by atoms with Gasteiger partial charge < -0.3 is 4.90 Å². The second kappa shape index (κ2) is 6.75. The van der Waals surface area contributed by atoms with Gasteiger partial charge in [-0.05, 0) is 53.9 Å². The zero-order chi connectivity index (χ0) is 15.6. The van der Waals surface area contributed by atoms with Crippen LogP contribution >= 0.6 is 27.3 Å². The first-order valence-corrected chi connectivity index (χ1v) is 8.46. The number of amides is 1. The first kappa shape index (κ1) is 16.2. The van der Waals surface area contributed by atoms with Gasteiger partial charge in [0, 0.05) is 31.1 Å². The molecule has 0 aliphatic heterocycles. The summed E-state index contributed by atoms with van der Waals surface area (Å²) in [6.45, 7) is 4.71. The third-order valence-electron chi connectivity index (χ3n) is 3.70. The van der Waals surface area contributed by atoms with Crippen LogP contribution in [0.5, 0.6) is 0 Å². The van der Waals surface area contributed by atoms with Crippen molar-refractivity contribution in [3.05, 3.63) is 37.7 Å². The van der Waals surface area contributed by atoms with Crippen molar-refractivity contribution in [2.24, 2.45) is 7.05 Å². The molecule has 1 amide bonds. The van der Waals surface area contributed by atoms with E-state index in [1.807, 2.05) is 44.8 Å². The molecule has 2 rings (SSSR count). The van der Waals surface area contributed by atoms with Gasteiger partial charge in [-0.3, -0.25) is 9.48 Å². The Labute approximate surface area is 137 Å². The number of rotatable bonds is 5. The number of halogens is 1. The Balaban J connectivity index is 1.92. The molecule has 2 aromatic heterocycles. The Bertz CT molecular complexity index is 647. The lowest BCUT2D eigenvalue weighted by atomic mass is 10.1. The van der Waals surface area contributed by atoms with Crippen molar-refractivity contribution in [3.63, 3.8) is 0 Å². The summed E-state index contributed by atoms with van der Waals surface area (Å²) in [4.78, 5) is 15.2. The molecule has 6 heteroatoms. The average molecular weight is 370 g/mol. The summed E-state index contributed by atoms with van der Waals surface area (Å²) in [5.41, 5.74) is 3.36. The van der Waals surface area contributed by atoms with E-state index >= 15 is 0 Å². The van der Waals surface area contributed by atoms with E-state index in [1.54, 1.807) is 16.2 Å². The van der Waals surface area contributed by atoms with Crippen LogP contribution in [0.3, 0.4) is 0 Å². The predicted octanol–water partition coefficient (Wildman–Crippen LogP) is 3.45. The van der Waals surface area contributed by atoms with Crippen LogP contribution in [0.1, 0.15) is 28.2 Å². The molecule has 0 aliphatic rings. The van der Waals surface area contributed by atoms with Crippen molar-refractivity contribution in [2.45, 2.75) is 33.2 Å². The number of aromatic nitrogens is 2. The van der Waals surface area contributed by atoms with Crippen molar-refractivity contribution in [2.75, 3.05) is 7.05 Å². The fourth-order valence-electron chi connectivity index (χ4n) is 2.36. The third-order valence-corrected chi connectivity index (χ3v) is 5.30. The van der Waals surface area contributed by atoms with Crippen LogP contribution in [-0.4, -0.2) is 27.6 Å². The molecule has 2 heterocycles. The topological polar surface area (TPSA) is 38.1 Å². The summed E-state index contributed by atoms with van der Waals surface area (Å²) in [5, 5.41) is 4.39. The van der Waals surface area contributed by atoms with E-state index in [9.17, 15) is 4.79 Å². The van der Waals surface area contributed by atoms with Gasteiger partial charge in [0.25, 0.3) is 0 Å². The first-order chi connectivity index (χ1) is 9.88. The highest BCUT2D eigenvalue weighted by atomic mass is 79.9. The maximum Gasteiger partial charge on any atom is 0.222 e. The fourth-order valence-corrected chi connectivity index (χ4v) is 3.90. The van der Waals surface area contributed by atoms with Crippen LogP contribution in [0.15, 0.2) is 15.9 Å². The first-order valence-electron chi connectivity index (χ1n) is 6.85. The highest BCUT2D eigenvalue weighted by Crippen LogP contribution is 2.23. The Hall–Kier alpha value is -1.14. The van der Waals surface area contributed by atoms with Gasteiger partial charge in [-0.2, -0.15) is 5.10 Å². The van der Waals surface area contributed by atoms with Crippen molar-refractivity contribution < 1.29 is 4.79 Å². The van der Waals surface area contributed by atoms with E-state index in [-0.39, 0.29) is 5.91 Å². The van der Waals surface area contributed by atoms with E-state index in [0.29, 0.717) is 13.0 Å². The van der Waals surface area contributed by atoms with Gasteiger partial charge in [0.2, 0.25) is 5.91 Å². The number of aryl methyl sites for hydroxylation is 2. The average Bonchev–Trinajstić information content (AvgIpc) is 2.92. The number of carbonyl (C=O) groups excluding carboxylic acids is 1. The van der Waals surface area contributed by atoms with Crippen LogP contribution in [-0.2, 0) is 24.8 Å². The summed E-state index contributed by atoms with van der Waals surface area (Å²) in [7, 11) is 3.80. The monoisotopic (exact) mass is 369 g/mol. The van der Waals surface area contributed by atoms with Crippen molar-refractivity contribution >= 4 is 33.2 Å². The molecule has 0 spiro atoms. The maximum atomic E-state index is 12.2. The quantitative estimate of drug-likeness (QED) is 0.809. The molecule has 2 aromatic rings.